The zero-order valence-corrected chi connectivity index (χ0v) is 9.41. The summed E-state index contributed by atoms with van der Waals surface area (Å²) in [7, 11) is 0. The van der Waals surface area contributed by atoms with Crippen molar-refractivity contribution in [1.82, 2.24) is 5.32 Å². The SMILES string of the molecule is C=C(N)NCc1c(C)ccc(Cl)c1Cl. The van der Waals surface area contributed by atoms with Gasteiger partial charge in [0.1, 0.15) is 0 Å². The highest BCUT2D eigenvalue weighted by Crippen LogP contribution is 2.28. The molecule has 0 bridgehead atoms. The van der Waals surface area contributed by atoms with Crippen molar-refractivity contribution in [2.45, 2.75) is 13.5 Å². The molecule has 4 heteroatoms. The molecule has 2 nitrogen and oxygen atoms in total. The minimum Gasteiger partial charge on any atom is -0.386 e. The number of nitrogens with one attached hydrogen (secondary N) is 1. The minimum atomic E-state index is 0.417. The number of halogens is 2. The highest BCUT2D eigenvalue weighted by molar-refractivity contribution is 6.42. The van der Waals surface area contributed by atoms with Gasteiger partial charge in [-0.3, -0.25) is 0 Å². The average molecular weight is 231 g/mol. The van der Waals surface area contributed by atoms with Gasteiger partial charge in [-0.1, -0.05) is 35.8 Å². The van der Waals surface area contributed by atoms with Gasteiger partial charge >= 0.3 is 0 Å². The number of nitrogens with two attached hydrogens (primary N) is 1. The van der Waals surface area contributed by atoms with Crippen LogP contribution in [0.25, 0.3) is 0 Å². The van der Waals surface area contributed by atoms with Crippen LogP contribution in [-0.2, 0) is 6.54 Å². The lowest BCUT2D eigenvalue weighted by Crippen LogP contribution is -2.18. The van der Waals surface area contributed by atoms with Crippen molar-refractivity contribution in [1.29, 1.82) is 0 Å². The molecule has 1 aromatic rings. The number of benzene rings is 1. The first-order valence-electron chi connectivity index (χ1n) is 4.14. The van der Waals surface area contributed by atoms with Gasteiger partial charge in [-0.2, -0.15) is 0 Å². The predicted octanol–water partition coefficient (Wildman–Crippen LogP) is 2.82. The van der Waals surface area contributed by atoms with Crippen LogP contribution >= 0.6 is 23.2 Å². The lowest BCUT2D eigenvalue weighted by atomic mass is 10.1. The fourth-order valence-electron chi connectivity index (χ4n) is 1.11. The Morgan fingerprint density at radius 3 is 2.71 bits per heavy atom. The summed E-state index contributed by atoms with van der Waals surface area (Å²) in [6.07, 6.45) is 0. The van der Waals surface area contributed by atoms with Crippen molar-refractivity contribution in [3.05, 3.63) is 45.7 Å². The monoisotopic (exact) mass is 230 g/mol. The summed E-state index contributed by atoms with van der Waals surface area (Å²) in [5.41, 5.74) is 7.42. The molecule has 1 aromatic carbocycles. The van der Waals surface area contributed by atoms with Gasteiger partial charge in [0.25, 0.3) is 0 Å². The maximum absolute atomic E-state index is 6.04. The van der Waals surface area contributed by atoms with Crippen LogP contribution in [0.3, 0.4) is 0 Å². The summed E-state index contributed by atoms with van der Waals surface area (Å²) in [5, 5.41) is 4.03. The quantitative estimate of drug-likeness (QED) is 0.839. The van der Waals surface area contributed by atoms with E-state index in [9.17, 15) is 0 Å². The van der Waals surface area contributed by atoms with Crippen LogP contribution in [-0.4, -0.2) is 0 Å². The number of rotatable bonds is 3. The van der Waals surface area contributed by atoms with E-state index in [1.165, 1.54) is 0 Å². The molecule has 0 saturated carbocycles. The van der Waals surface area contributed by atoms with E-state index < -0.39 is 0 Å². The second kappa shape index (κ2) is 4.58. The Balaban J connectivity index is 2.95. The summed E-state index contributed by atoms with van der Waals surface area (Å²) >= 11 is 11.9. The van der Waals surface area contributed by atoms with Gasteiger partial charge in [-0.15, -0.1) is 0 Å². The standard InChI is InChI=1S/C10H12Cl2N2/c1-6-3-4-9(11)10(12)8(6)5-14-7(2)13/h3-4,14H,2,5,13H2,1H3. The molecule has 0 atom stereocenters. The molecule has 0 saturated heterocycles. The van der Waals surface area contributed by atoms with Crippen molar-refractivity contribution in [3.8, 4) is 0 Å². The van der Waals surface area contributed by atoms with E-state index >= 15 is 0 Å². The van der Waals surface area contributed by atoms with Gasteiger partial charge in [-0.05, 0) is 24.1 Å². The smallest absolute Gasteiger partial charge is 0.0888 e. The van der Waals surface area contributed by atoms with Crippen molar-refractivity contribution in [3.63, 3.8) is 0 Å². The van der Waals surface area contributed by atoms with Gasteiger partial charge in [0, 0.05) is 6.54 Å². The Labute approximate surface area is 93.7 Å². The Bertz CT molecular complexity index is 361. The lowest BCUT2D eigenvalue weighted by molar-refractivity contribution is 0.799. The summed E-state index contributed by atoms with van der Waals surface area (Å²) < 4.78 is 0. The zero-order valence-electron chi connectivity index (χ0n) is 7.90. The highest BCUT2D eigenvalue weighted by Gasteiger charge is 2.07. The Morgan fingerprint density at radius 2 is 2.14 bits per heavy atom. The molecular formula is C10H12Cl2N2. The lowest BCUT2D eigenvalue weighted by Gasteiger charge is -2.11. The van der Waals surface area contributed by atoms with Gasteiger partial charge in [-0.25, -0.2) is 0 Å². The maximum atomic E-state index is 6.04. The molecule has 1 rings (SSSR count). The molecule has 76 valence electrons. The van der Waals surface area contributed by atoms with E-state index in [1.807, 2.05) is 13.0 Å². The topological polar surface area (TPSA) is 38.0 Å². The largest absolute Gasteiger partial charge is 0.386 e. The van der Waals surface area contributed by atoms with Crippen molar-refractivity contribution < 1.29 is 0 Å². The second-order valence-corrected chi connectivity index (χ2v) is 3.82. The third kappa shape index (κ3) is 2.56. The predicted molar refractivity (Wildman–Crippen MR) is 61.4 cm³/mol. The first-order chi connectivity index (χ1) is 6.52. The van der Waals surface area contributed by atoms with Crippen LogP contribution in [0.5, 0.6) is 0 Å². The van der Waals surface area contributed by atoms with E-state index in [1.54, 1.807) is 6.07 Å². The van der Waals surface area contributed by atoms with Crippen LogP contribution < -0.4 is 11.1 Å². The average Bonchev–Trinajstić information content (AvgIpc) is 2.11. The van der Waals surface area contributed by atoms with E-state index in [0.717, 1.165) is 11.1 Å². The summed E-state index contributed by atoms with van der Waals surface area (Å²) in [6.45, 7) is 6.06. The first-order valence-corrected chi connectivity index (χ1v) is 4.89. The van der Waals surface area contributed by atoms with Crippen molar-refractivity contribution >= 4 is 23.2 Å². The molecule has 0 unspecified atom stereocenters. The van der Waals surface area contributed by atoms with Crippen LogP contribution in [0.1, 0.15) is 11.1 Å². The third-order valence-electron chi connectivity index (χ3n) is 1.92. The highest BCUT2D eigenvalue weighted by atomic mass is 35.5. The molecule has 0 heterocycles. The zero-order chi connectivity index (χ0) is 10.7. The summed E-state index contributed by atoms with van der Waals surface area (Å²) in [4.78, 5) is 0. The van der Waals surface area contributed by atoms with E-state index in [0.29, 0.717) is 22.4 Å². The number of hydrogen-bond donors (Lipinski definition) is 2. The van der Waals surface area contributed by atoms with E-state index in [4.69, 9.17) is 28.9 Å². The Kier molecular flexibility index (Phi) is 3.67. The molecule has 0 aromatic heterocycles. The van der Waals surface area contributed by atoms with E-state index in [-0.39, 0.29) is 0 Å². The maximum Gasteiger partial charge on any atom is 0.0888 e. The van der Waals surface area contributed by atoms with Crippen LogP contribution in [0.15, 0.2) is 24.5 Å². The second-order valence-electron chi connectivity index (χ2n) is 3.04. The van der Waals surface area contributed by atoms with Crippen LogP contribution in [0.4, 0.5) is 0 Å². The van der Waals surface area contributed by atoms with Crippen molar-refractivity contribution in [2.24, 2.45) is 5.73 Å². The molecule has 0 aliphatic carbocycles. The number of hydrogen-bond acceptors (Lipinski definition) is 2. The van der Waals surface area contributed by atoms with Gasteiger partial charge < -0.3 is 11.1 Å². The molecule has 0 spiro atoms. The van der Waals surface area contributed by atoms with Gasteiger partial charge in [0.2, 0.25) is 0 Å². The third-order valence-corrected chi connectivity index (χ3v) is 2.77. The Morgan fingerprint density at radius 1 is 1.50 bits per heavy atom. The fourth-order valence-corrected chi connectivity index (χ4v) is 1.56. The summed E-state index contributed by atoms with van der Waals surface area (Å²) in [5.74, 6) is 0.417. The minimum absolute atomic E-state index is 0.417. The van der Waals surface area contributed by atoms with Crippen LogP contribution in [0, 0.1) is 6.92 Å². The molecule has 0 amide bonds. The molecule has 3 N–H and O–H groups in total. The molecule has 0 radical (unpaired) electrons. The molecule has 0 fully saturated rings. The summed E-state index contributed by atoms with van der Waals surface area (Å²) in [6, 6.07) is 3.70. The Hall–Kier alpha value is -0.860. The van der Waals surface area contributed by atoms with Crippen molar-refractivity contribution in [2.75, 3.05) is 0 Å². The fraction of sp³-hybridized carbons (Fsp3) is 0.200. The van der Waals surface area contributed by atoms with Gasteiger partial charge in [0.05, 0.1) is 15.9 Å². The molecular weight excluding hydrogens is 219 g/mol. The van der Waals surface area contributed by atoms with Crippen LogP contribution in [0.2, 0.25) is 10.0 Å². The molecule has 0 aliphatic heterocycles. The molecule has 0 aliphatic rings. The molecule has 14 heavy (non-hydrogen) atoms. The first kappa shape index (κ1) is 11.2. The number of aryl methyl sites for hydroxylation is 1. The van der Waals surface area contributed by atoms with E-state index in [2.05, 4.69) is 11.9 Å². The normalized spacial score (nSPS) is 9.93. The van der Waals surface area contributed by atoms with Gasteiger partial charge in [0.15, 0.2) is 0 Å².